The first kappa shape index (κ1) is 16.0. The van der Waals surface area contributed by atoms with Crippen LogP contribution >= 0.6 is 11.6 Å². The number of carbonyl (C=O) groups is 1. The van der Waals surface area contributed by atoms with Crippen molar-refractivity contribution in [3.8, 4) is 0 Å². The van der Waals surface area contributed by atoms with Crippen molar-refractivity contribution in [2.75, 3.05) is 26.3 Å². The maximum atomic E-state index is 12.1. The first-order valence-corrected chi connectivity index (χ1v) is 7.52. The third kappa shape index (κ3) is 5.16. The molecule has 1 aromatic carbocycles. The molecule has 21 heavy (non-hydrogen) atoms. The van der Waals surface area contributed by atoms with Crippen LogP contribution in [0.3, 0.4) is 0 Å². The third-order valence-corrected chi connectivity index (χ3v) is 3.70. The number of halogens is 1. The molecular weight excluding hydrogens is 290 g/mol. The summed E-state index contributed by atoms with van der Waals surface area (Å²) in [4.78, 5) is 13.9. The van der Waals surface area contributed by atoms with E-state index in [1.54, 1.807) is 18.2 Å². The van der Waals surface area contributed by atoms with Gasteiger partial charge in [0.1, 0.15) is 0 Å². The van der Waals surface area contributed by atoms with Gasteiger partial charge in [-0.25, -0.2) is 0 Å². The summed E-state index contributed by atoms with van der Waals surface area (Å²) in [6.45, 7) is 1.79. The van der Waals surface area contributed by atoms with Gasteiger partial charge >= 0.3 is 0 Å². The zero-order valence-corrected chi connectivity index (χ0v) is 12.6. The van der Waals surface area contributed by atoms with E-state index in [1.807, 2.05) is 23.1 Å². The molecule has 1 aromatic rings. The van der Waals surface area contributed by atoms with Crippen LogP contribution in [0.4, 0.5) is 0 Å². The van der Waals surface area contributed by atoms with Crippen molar-refractivity contribution < 1.29 is 14.6 Å². The molecule has 0 bridgehead atoms. The van der Waals surface area contributed by atoms with Crippen molar-refractivity contribution in [2.24, 2.45) is 0 Å². The van der Waals surface area contributed by atoms with Gasteiger partial charge in [0, 0.05) is 24.2 Å². The maximum Gasteiger partial charge on any atom is 0.246 e. The molecule has 0 radical (unpaired) electrons. The number of carbonyl (C=O) groups excluding carboxylic acids is 1. The molecule has 0 spiro atoms. The van der Waals surface area contributed by atoms with Crippen molar-refractivity contribution in [2.45, 2.75) is 18.9 Å². The summed E-state index contributed by atoms with van der Waals surface area (Å²) in [5.74, 6) is 0.00980. The Balaban J connectivity index is 1.82. The number of piperidine rings is 1. The Morgan fingerprint density at radius 2 is 2.19 bits per heavy atom. The molecule has 0 aliphatic carbocycles. The lowest BCUT2D eigenvalue weighted by molar-refractivity contribution is -0.128. The second-order valence-corrected chi connectivity index (χ2v) is 5.44. The van der Waals surface area contributed by atoms with Crippen molar-refractivity contribution in [1.82, 2.24) is 4.90 Å². The molecule has 0 atom stereocenters. The molecular formula is C16H20ClNO3. The summed E-state index contributed by atoms with van der Waals surface area (Å²) in [5.41, 5.74) is 0.914. The fourth-order valence-corrected chi connectivity index (χ4v) is 2.54. The largest absolute Gasteiger partial charge is 0.394 e. The van der Waals surface area contributed by atoms with E-state index in [0.29, 0.717) is 24.7 Å². The van der Waals surface area contributed by atoms with Gasteiger partial charge in [0.25, 0.3) is 0 Å². The van der Waals surface area contributed by atoms with Crippen LogP contribution < -0.4 is 0 Å². The van der Waals surface area contributed by atoms with E-state index in [1.165, 1.54) is 0 Å². The molecule has 5 heteroatoms. The summed E-state index contributed by atoms with van der Waals surface area (Å²) < 4.78 is 5.48. The molecule has 1 aliphatic heterocycles. The Labute approximate surface area is 130 Å². The SMILES string of the molecule is O=C(/C=C/c1cccc(Cl)c1)N1CCC(OCCO)CC1. The lowest BCUT2D eigenvalue weighted by Crippen LogP contribution is -2.40. The van der Waals surface area contributed by atoms with Crippen molar-refractivity contribution in [3.05, 3.63) is 40.9 Å². The normalized spacial score (nSPS) is 16.6. The van der Waals surface area contributed by atoms with Crippen LogP contribution in [-0.2, 0) is 9.53 Å². The maximum absolute atomic E-state index is 12.1. The average molecular weight is 310 g/mol. The minimum Gasteiger partial charge on any atom is -0.394 e. The number of benzene rings is 1. The van der Waals surface area contributed by atoms with E-state index in [0.717, 1.165) is 18.4 Å². The zero-order chi connectivity index (χ0) is 15.1. The predicted octanol–water partition coefficient (Wildman–Crippen LogP) is 2.35. The van der Waals surface area contributed by atoms with Crippen molar-refractivity contribution >= 4 is 23.6 Å². The number of nitrogens with zero attached hydrogens (tertiary/aromatic N) is 1. The monoisotopic (exact) mass is 309 g/mol. The Morgan fingerprint density at radius 1 is 1.43 bits per heavy atom. The number of aliphatic hydroxyl groups is 1. The molecule has 0 saturated carbocycles. The quantitative estimate of drug-likeness (QED) is 0.850. The Hall–Kier alpha value is -1.36. The van der Waals surface area contributed by atoms with Gasteiger partial charge in [-0.3, -0.25) is 4.79 Å². The Bertz CT molecular complexity index is 496. The van der Waals surface area contributed by atoms with Gasteiger partial charge in [-0.2, -0.15) is 0 Å². The first-order chi connectivity index (χ1) is 10.2. The summed E-state index contributed by atoms with van der Waals surface area (Å²) in [7, 11) is 0. The fourth-order valence-electron chi connectivity index (χ4n) is 2.35. The summed E-state index contributed by atoms with van der Waals surface area (Å²) in [5, 5.41) is 9.39. The van der Waals surface area contributed by atoms with Gasteiger partial charge in [-0.05, 0) is 36.6 Å². The zero-order valence-electron chi connectivity index (χ0n) is 11.9. The van der Waals surface area contributed by atoms with Crippen molar-refractivity contribution in [1.29, 1.82) is 0 Å². The molecule has 1 heterocycles. The minimum absolute atomic E-state index is 0.00980. The fraction of sp³-hybridized carbons (Fsp3) is 0.438. The highest BCUT2D eigenvalue weighted by Crippen LogP contribution is 2.15. The second-order valence-electron chi connectivity index (χ2n) is 5.01. The Kier molecular flexibility index (Phi) is 6.23. The highest BCUT2D eigenvalue weighted by Gasteiger charge is 2.21. The van der Waals surface area contributed by atoms with Gasteiger partial charge in [0.15, 0.2) is 0 Å². The van der Waals surface area contributed by atoms with E-state index < -0.39 is 0 Å². The molecule has 0 unspecified atom stereocenters. The van der Waals surface area contributed by atoms with Gasteiger partial charge in [0.05, 0.1) is 19.3 Å². The predicted molar refractivity (Wildman–Crippen MR) is 83.1 cm³/mol. The van der Waals surface area contributed by atoms with Crippen LogP contribution in [-0.4, -0.2) is 48.3 Å². The van der Waals surface area contributed by atoms with Crippen LogP contribution in [0.15, 0.2) is 30.3 Å². The van der Waals surface area contributed by atoms with E-state index in [-0.39, 0.29) is 18.6 Å². The number of likely N-dealkylation sites (tertiary alicyclic amines) is 1. The van der Waals surface area contributed by atoms with Gasteiger partial charge in [-0.1, -0.05) is 23.7 Å². The van der Waals surface area contributed by atoms with E-state index in [9.17, 15) is 4.79 Å². The molecule has 1 fully saturated rings. The molecule has 1 aliphatic rings. The number of amides is 1. The topological polar surface area (TPSA) is 49.8 Å². The van der Waals surface area contributed by atoms with Crippen LogP contribution in [0.1, 0.15) is 18.4 Å². The number of hydrogen-bond donors (Lipinski definition) is 1. The van der Waals surface area contributed by atoms with E-state index in [4.69, 9.17) is 21.4 Å². The molecule has 0 aromatic heterocycles. The van der Waals surface area contributed by atoms with Crippen LogP contribution in [0.2, 0.25) is 5.02 Å². The third-order valence-electron chi connectivity index (χ3n) is 3.47. The van der Waals surface area contributed by atoms with Crippen LogP contribution in [0.5, 0.6) is 0 Å². The molecule has 114 valence electrons. The van der Waals surface area contributed by atoms with Crippen LogP contribution in [0.25, 0.3) is 6.08 Å². The molecule has 1 amide bonds. The van der Waals surface area contributed by atoms with Crippen LogP contribution in [0, 0.1) is 0 Å². The first-order valence-electron chi connectivity index (χ1n) is 7.14. The molecule has 4 nitrogen and oxygen atoms in total. The van der Waals surface area contributed by atoms with Gasteiger partial charge < -0.3 is 14.7 Å². The minimum atomic E-state index is 0.00980. The van der Waals surface area contributed by atoms with E-state index in [2.05, 4.69) is 0 Å². The standard InChI is InChI=1S/C16H20ClNO3/c17-14-3-1-2-13(12-14)4-5-16(20)18-8-6-15(7-9-18)21-11-10-19/h1-5,12,15,19H,6-11H2/b5-4+. The lowest BCUT2D eigenvalue weighted by atomic mass is 10.1. The van der Waals surface area contributed by atoms with Gasteiger partial charge in [-0.15, -0.1) is 0 Å². The van der Waals surface area contributed by atoms with Crippen molar-refractivity contribution in [3.63, 3.8) is 0 Å². The number of aliphatic hydroxyl groups excluding tert-OH is 1. The lowest BCUT2D eigenvalue weighted by Gasteiger charge is -2.31. The highest BCUT2D eigenvalue weighted by atomic mass is 35.5. The summed E-state index contributed by atoms with van der Waals surface area (Å²) in [6.07, 6.45) is 5.15. The van der Waals surface area contributed by atoms with E-state index >= 15 is 0 Å². The molecule has 1 saturated heterocycles. The summed E-state index contributed by atoms with van der Waals surface area (Å²) >= 11 is 5.91. The average Bonchev–Trinajstić information content (AvgIpc) is 2.51. The smallest absolute Gasteiger partial charge is 0.246 e. The Morgan fingerprint density at radius 3 is 2.86 bits per heavy atom. The summed E-state index contributed by atoms with van der Waals surface area (Å²) in [6, 6.07) is 7.39. The number of hydrogen-bond acceptors (Lipinski definition) is 3. The highest BCUT2D eigenvalue weighted by molar-refractivity contribution is 6.30. The number of rotatable bonds is 5. The van der Waals surface area contributed by atoms with Gasteiger partial charge in [0.2, 0.25) is 5.91 Å². The number of ether oxygens (including phenoxy) is 1. The second kappa shape index (κ2) is 8.17. The molecule has 2 rings (SSSR count). The molecule has 1 N–H and O–H groups in total.